The Kier molecular flexibility index (Phi) is 4.72. The molecule has 1 amide bonds. The first-order valence-corrected chi connectivity index (χ1v) is 6.03. The summed E-state index contributed by atoms with van der Waals surface area (Å²) in [7, 11) is -0.110. The molecule has 0 spiro atoms. The van der Waals surface area contributed by atoms with Crippen molar-refractivity contribution in [3.05, 3.63) is 41.3 Å². The van der Waals surface area contributed by atoms with Gasteiger partial charge in [-0.05, 0) is 11.0 Å². The molecule has 0 heterocycles. The number of amides is 1. The zero-order valence-electron chi connectivity index (χ0n) is 8.80. The van der Waals surface area contributed by atoms with Gasteiger partial charge in [-0.15, -0.1) is 0 Å². The van der Waals surface area contributed by atoms with Gasteiger partial charge in [0.05, 0.1) is 10.8 Å². The van der Waals surface area contributed by atoms with E-state index in [0.717, 1.165) is 5.41 Å². The minimum Gasteiger partial charge on any atom is -0.872 e. The fourth-order valence-electron chi connectivity index (χ4n) is 1.03. The van der Waals surface area contributed by atoms with E-state index in [2.05, 4.69) is 5.32 Å². The van der Waals surface area contributed by atoms with Crippen LogP contribution in [0.1, 0.15) is 5.56 Å². The molecule has 0 aliphatic heterocycles. The summed E-state index contributed by atoms with van der Waals surface area (Å²) in [5, 5.41) is 15.0. The fraction of sp³-hybridized carbons (Fsp3) is 0.182. The van der Waals surface area contributed by atoms with E-state index in [9.17, 15) is 14.1 Å². The van der Waals surface area contributed by atoms with Gasteiger partial charge in [0.15, 0.2) is 0 Å². The Bertz CT molecular complexity index is 414. The van der Waals surface area contributed by atoms with Gasteiger partial charge in [0, 0.05) is 7.05 Å². The maximum Gasteiger partial charge on any atom is 0.232 e. The molecule has 1 atom stereocenters. The van der Waals surface area contributed by atoms with Crippen LogP contribution in [0.5, 0.6) is 0 Å². The number of benzene rings is 1. The summed E-state index contributed by atoms with van der Waals surface area (Å²) in [5.74, 6) is -0.868. The van der Waals surface area contributed by atoms with Gasteiger partial charge in [0.2, 0.25) is 5.91 Å². The molecular formula is C11H12NO3S-. The van der Waals surface area contributed by atoms with Crippen LogP contribution in [0.25, 0.3) is 5.76 Å². The predicted molar refractivity (Wildman–Crippen MR) is 61.5 cm³/mol. The molecule has 0 fully saturated rings. The normalized spacial score (nSPS) is 13.2. The molecule has 1 aromatic rings. The highest BCUT2D eigenvalue weighted by molar-refractivity contribution is 7.88. The van der Waals surface area contributed by atoms with Crippen molar-refractivity contribution in [2.45, 2.75) is 0 Å². The molecule has 86 valence electrons. The molecule has 1 rings (SSSR count). The van der Waals surface area contributed by atoms with Gasteiger partial charge in [-0.25, -0.2) is 0 Å². The zero-order chi connectivity index (χ0) is 12.0. The average molecular weight is 238 g/mol. The molecule has 1 N–H and O–H groups in total. The third-order valence-electron chi connectivity index (χ3n) is 1.85. The van der Waals surface area contributed by atoms with E-state index in [1.54, 1.807) is 30.3 Å². The van der Waals surface area contributed by atoms with Crippen molar-refractivity contribution >= 4 is 22.5 Å². The van der Waals surface area contributed by atoms with E-state index in [4.69, 9.17) is 0 Å². The number of hydrogen-bond donors (Lipinski definition) is 1. The summed E-state index contributed by atoms with van der Waals surface area (Å²) < 4.78 is 11.4. The summed E-state index contributed by atoms with van der Waals surface area (Å²) in [6.45, 7) is 0. The molecule has 16 heavy (non-hydrogen) atoms. The minimum absolute atomic E-state index is 0.185. The highest BCUT2D eigenvalue weighted by Gasteiger charge is 2.02. The summed E-state index contributed by atoms with van der Waals surface area (Å²) in [6, 6.07) is 8.51. The van der Waals surface area contributed by atoms with E-state index in [0.29, 0.717) is 5.56 Å². The lowest BCUT2D eigenvalue weighted by atomic mass is 10.2. The summed E-state index contributed by atoms with van der Waals surface area (Å²) >= 11 is 0. The average Bonchev–Trinajstić information content (AvgIpc) is 2.29. The highest BCUT2D eigenvalue weighted by atomic mass is 32.2. The first-order valence-electron chi connectivity index (χ1n) is 4.65. The summed E-state index contributed by atoms with van der Waals surface area (Å²) in [4.78, 5) is 10.9. The second-order valence-corrected chi connectivity index (χ2v) is 4.33. The molecule has 1 unspecified atom stereocenters. The fourth-order valence-corrected chi connectivity index (χ4v) is 1.89. The predicted octanol–water partition coefficient (Wildman–Crippen LogP) is -0.160. The smallest absolute Gasteiger partial charge is 0.232 e. The molecule has 0 aliphatic carbocycles. The standard InChI is InChI=1S/C11H13NO3S/c1-12-11(14)8-16(15)7-10(13)9-5-3-2-4-6-9/h2-7,13H,8H2,1H3,(H,12,14)/p-1/b10-7-. The molecule has 1 aromatic carbocycles. The van der Waals surface area contributed by atoms with Crippen molar-refractivity contribution in [3.63, 3.8) is 0 Å². The molecular weight excluding hydrogens is 226 g/mol. The number of carbonyl (C=O) groups excluding carboxylic acids is 1. The van der Waals surface area contributed by atoms with E-state index < -0.39 is 10.8 Å². The van der Waals surface area contributed by atoms with Crippen molar-refractivity contribution in [1.82, 2.24) is 5.32 Å². The summed E-state index contributed by atoms with van der Waals surface area (Å²) in [6.07, 6.45) is 0. The van der Waals surface area contributed by atoms with Gasteiger partial charge in [0.25, 0.3) is 0 Å². The van der Waals surface area contributed by atoms with Crippen molar-refractivity contribution in [2.24, 2.45) is 0 Å². The molecule has 0 saturated carbocycles. The van der Waals surface area contributed by atoms with Crippen LogP contribution in [0, 0.1) is 0 Å². The number of carbonyl (C=O) groups is 1. The maximum atomic E-state index is 11.5. The molecule has 5 heteroatoms. The molecule has 0 bridgehead atoms. The van der Waals surface area contributed by atoms with Crippen molar-refractivity contribution in [1.29, 1.82) is 0 Å². The number of hydrogen-bond acceptors (Lipinski definition) is 3. The lowest BCUT2D eigenvalue weighted by Crippen LogP contribution is -2.23. The lowest BCUT2D eigenvalue weighted by molar-refractivity contribution is -0.243. The van der Waals surface area contributed by atoms with E-state index in [1.165, 1.54) is 7.05 Å². The first kappa shape index (κ1) is 12.4. The van der Waals surface area contributed by atoms with Crippen LogP contribution in [-0.4, -0.2) is 22.9 Å². The van der Waals surface area contributed by atoms with Crippen LogP contribution >= 0.6 is 0 Å². The molecule has 4 nitrogen and oxygen atoms in total. The van der Waals surface area contributed by atoms with Crippen LogP contribution in [0.3, 0.4) is 0 Å². The van der Waals surface area contributed by atoms with Gasteiger partial charge in [0.1, 0.15) is 5.75 Å². The maximum absolute atomic E-state index is 11.5. The first-order chi connectivity index (χ1) is 7.63. The molecule has 0 saturated heterocycles. The largest absolute Gasteiger partial charge is 0.872 e. The van der Waals surface area contributed by atoms with E-state index in [-0.39, 0.29) is 17.4 Å². The van der Waals surface area contributed by atoms with Crippen LogP contribution in [0.4, 0.5) is 0 Å². The topological polar surface area (TPSA) is 69.2 Å². The lowest BCUT2D eigenvalue weighted by Gasteiger charge is -2.11. The van der Waals surface area contributed by atoms with Crippen LogP contribution < -0.4 is 10.4 Å². The summed E-state index contributed by atoms with van der Waals surface area (Å²) in [5.41, 5.74) is 0.466. The van der Waals surface area contributed by atoms with Gasteiger partial charge in [-0.3, -0.25) is 9.00 Å². The Morgan fingerprint density at radius 3 is 2.62 bits per heavy atom. The van der Waals surface area contributed by atoms with Crippen molar-refractivity contribution < 1.29 is 14.1 Å². The third-order valence-corrected chi connectivity index (χ3v) is 2.87. The van der Waals surface area contributed by atoms with E-state index >= 15 is 0 Å². The third kappa shape index (κ3) is 3.86. The second-order valence-electron chi connectivity index (χ2n) is 3.05. The Labute approximate surface area is 96.4 Å². The monoisotopic (exact) mass is 238 g/mol. The van der Waals surface area contributed by atoms with Gasteiger partial charge in [-0.2, -0.15) is 0 Å². The van der Waals surface area contributed by atoms with Gasteiger partial charge >= 0.3 is 0 Å². The zero-order valence-corrected chi connectivity index (χ0v) is 9.62. The molecule has 0 aliphatic rings. The Hall–Kier alpha value is -1.62. The number of rotatable bonds is 4. The Morgan fingerprint density at radius 1 is 1.44 bits per heavy atom. The van der Waals surface area contributed by atoms with Crippen LogP contribution in [0.15, 0.2) is 35.7 Å². The second kappa shape index (κ2) is 6.07. The Morgan fingerprint density at radius 2 is 2.06 bits per heavy atom. The van der Waals surface area contributed by atoms with Crippen LogP contribution in [0.2, 0.25) is 0 Å². The van der Waals surface area contributed by atoms with Gasteiger partial charge < -0.3 is 10.4 Å². The van der Waals surface area contributed by atoms with E-state index in [1.807, 2.05) is 0 Å². The quantitative estimate of drug-likeness (QED) is 0.741. The molecule has 0 radical (unpaired) electrons. The highest BCUT2D eigenvalue weighted by Crippen LogP contribution is 2.08. The van der Waals surface area contributed by atoms with Crippen LogP contribution in [-0.2, 0) is 15.6 Å². The van der Waals surface area contributed by atoms with Crippen molar-refractivity contribution in [2.75, 3.05) is 12.8 Å². The SMILES string of the molecule is CNC(=O)CS(=O)/C=C(\[O-])c1ccccc1. The van der Waals surface area contributed by atoms with Gasteiger partial charge in [-0.1, -0.05) is 36.1 Å². The Balaban J connectivity index is 2.70. The molecule has 0 aromatic heterocycles. The minimum atomic E-state index is -1.57. The van der Waals surface area contributed by atoms with Crippen molar-refractivity contribution in [3.8, 4) is 0 Å². The number of nitrogens with one attached hydrogen (secondary N) is 1.